The Morgan fingerprint density at radius 1 is 1.33 bits per heavy atom. The summed E-state index contributed by atoms with van der Waals surface area (Å²) < 4.78 is 4.02. The van der Waals surface area contributed by atoms with Gasteiger partial charge in [0.25, 0.3) is 11.8 Å². The topological polar surface area (TPSA) is 183 Å². The smallest absolute Gasteiger partial charge is 0.543 e. The number of oxime groups is 1. The molecule has 4 rings (SSSR count). The van der Waals surface area contributed by atoms with Gasteiger partial charge >= 0.3 is 29.6 Å². The molecule has 15 heteroatoms. The van der Waals surface area contributed by atoms with E-state index in [0.29, 0.717) is 0 Å². The standard InChI is InChI=1S/C18H22N6O6S2.Na/c19-18-21-13(23-32-18)10(22-30-9-4-2-1-3-5-9)14(26)20-11-15(27)24-12(17(28)29)8(6-25)7-31-16(11)24;/h9,11,16,25H,1-7H2,(H,20,26)(H,28,29)(H2,19,21,23);/q;+1/p-1/b22-10-;/t11-,16-;/m1./s1. The first kappa shape index (κ1) is 25.9. The number of thioether (sulfide) groups is 1. The molecule has 1 saturated heterocycles. The van der Waals surface area contributed by atoms with E-state index in [1.54, 1.807) is 0 Å². The van der Waals surface area contributed by atoms with Crippen LogP contribution < -0.4 is 45.7 Å². The first-order chi connectivity index (χ1) is 15.4. The number of fused-ring (bicyclic) bond motifs is 1. The first-order valence-corrected chi connectivity index (χ1v) is 11.9. The van der Waals surface area contributed by atoms with Gasteiger partial charge in [0, 0.05) is 17.3 Å². The second-order valence-electron chi connectivity index (χ2n) is 7.52. The Hall–Kier alpha value is -1.71. The summed E-state index contributed by atoms with van der Waals surface area (Å²) in [5.41, 5.74) is 5.27. The summed E-state index contributed by atoms with van der Waals surface area (Å²) in [4.78, 5) is 47.7. The SMILES string of the molecule is Nc1nc(/C(=N/OC2CCCCC2)C(=O)N[C@@H]2C(=O)N3C(C(=O)[O-])=C(CO)CS[C@H]23)ns1.[Na+]. The van der Waals surface area contributed by atoms with Crippen molar-refractivity contribution in [2.75, 3.05) is 18.1 Å². The van der Waals surface area contributed by atoms with Gasteiger partial charge in [0.05, 0.1) is 18.3 Å². The summed E-state index contributed by atoms with van der Waals surface area (Å²) in [7, 11) is 0. The molecule has 2 aliphatic heterocycles. The Morgan fingerprint density at radius 3 is 2.67 bits per heavy atom. The van der Waals surface area contributed by atoms with Crippen LogP contribution in [0.3, 0.4) is 0 Å². The van der Waals surface area contributed by atoms with Crippen LogP contribution in [0.5, 0.6) is 0 Å². The van der Waals surface area contributed by atoms with Crippen LogP contribution in [0.2, 0.25) is 0 Å². The van der Waals surface area contributed by atoms with E-state index in [0.717, 1.165) is 48.5 Å². The molecule has 0 bridgehead atoms. The van der Waals surface area contributed by atoms with Gasteiger partial charge in [-0.15, -0.1) is 11.8 Å². The van der Waals surface area contributed by atoms with Gasteiger partial charge in [-0.1, -0.05) is 11.6 Å². The van der Waals surface area contributed by atoms with Crippen LogP contribution >= 0.6 is 23.3 Å². The Bertz CT molecular complexity index is 995. The van der Waals surface area contributed by atoms with Crippen molar-refractivity contribution in [3.63, 3.8) is 0 Å². The number of nitrogens with zero attached hydrogens (tertiary/aromatic N) is 4. The van der Waals surface area contributed by atoms with Gasteiger partial charge in [0.2, 0.25) is 11.5 Å². The van der Waals surface area contributed by atoms with Gasteiger partial charge in [-0.25, -0.2) is 0 Å². The van der Waals surface area contributed by atoms with Crippen molar-refractivity contribution < 1.29 is 59.0 Å². The summed E-state index contributed by atoms with van der Waals surface area (Å²) in [6, 6.07) is -0.988. The maximum atomic E-state index is 13.0. The molecule has 12 nitrogen and oxygen atoms in total. The monoisotopic (exact) mass is 504 g/mol. The van der Waals surface area contributed by atoms with Crippen LogP contribution in [0.15, 0.2) is 16.4 Å². The number of carboxylic acids is 1. The minimum absolute atomic E-state index is 0. The molecule has 33 heavy (non-hydrogen) atoms. The molecule has 172 valence electrons. The predicted octanol–water partition coefficient (Wildman–Crippen LogP) is -4.43. The summed E-state index contributed by atoms with van der Waals surface area (Å²) in [6.45, 7) is -0.504. The van der Waals surface area contributed by atoms with Gasteiger partial charge in [0.1, 0.15) is 17.5 Å². The molecule has 3 heterocycles. The Balaban J connectivity index is 0.00000306. The second-order valence-corrected chi connectivity index (χ2v) is 9.41. The third kappa shape index (κ3) is 5.35. The van der Waals surface area contributed by atoms with Gasteiger partial charge in [-0.3, -0.25) is 14.5 Å². The number of nitrogen functional groups attached to an aromatic ring is 1. The number of aliphatic hydroxyl groups is 1. The van der Waals surface area contributed by atoms with E-state index in [-0.39, 0.29) is 69.4 Å². The molecule has 3 aliphatic rings. The van der Waals surface area contributed by atoms with Crippen molar-refractivity contribution in [1.29, 1.82) is 0 Å². The number of amides is 2. The molecule has 2 amide bonds. The number of aromatic nitrogens is 2. The Labute approximate surface area is 219 Å². The van der Waals surface area contributed by atoms with E-state index in [4.69, 9.17) is 10.6 Å². The van der Waals surface area contributed by atoms with Crippen molar-refractivity contribution in [2.24, 2.45) is 5.16 Å². The summed E-state index contributed by atoms with van der Waals surface area (Å²) in [5, 5.41) is 26.9. The van der Waals surface area contributed by atoms with Crippen LogP contribution in [0.4, 0.5) is 5.13 Å². The third-order valence-corrected chi connectivity index (χ3v) is 7.31. The zero-order chi connectivity index (χ0) is 22.8. The van der Waals surface area contributed by atoms with E-state index >= 15 is 0 Å². The molecule has 0 spiro atoms. The van der Waals surface area contributed by atoms with E-state index in [1.807, 2.05) is 0 Å². The number of carbonyl (C=O) groups excluding carboxylic acids is 3. The summed E-state index contributed by atoms with van der Waals surface area (Å²) >= 11 is 2.12. The number of carbonyl (C=O) groups is 3. The maximum Gasteiger partial charge on any atom is 1.00 e. The number of nitrogens with one attached hydrogen (secondary N) is 1. The molecule has 1 aliphatic carbocycles. The minimum Gasteiger partial charge on any atom is -0.543 e. The second kappa shape index (κ2) is 11.1. The van der Waals surface area contributed by atoms with Gasteiger partial charge < -0.3 is 30.9 Å². The molecule has 1 aromatic rings. The maximum absolute atomic E-state index is 13.0. The first-order valence-electron chi connectivity index (χ1n) is 10.0. The van der Waals surface area contributed by atoms with Crippen LogP contribution in [0.1, 0.15) is 37.9 Å². The summed E-state index contributed by atoms with van der Waals surface area (Å²) in [6.07, 6.45) is 4.68. The number of nitrogens with two attached hydrogens (primary N) is 1. The molecular formula is C18H21N6NaO6S2. The van der Waals surface area contributed by atoms with Crippen molar-refractivity contribution in [2.45, 2.75) is 49.6 Å². The van der Waals surface area contributed by atoms with E-state index in [1.165, 1.54) is 11.8 Å². The minimum atomic E-state index is -1.55. The van der Waals surface area contributed by atoms with E-state index < -0.39 is 35.8 Å². The van der Waals surface area contributed by atoms with Gasteiger partial charge in [-0.2, -0.15) is 9.36 Å². The molecule has 2 atom stereocenters. The quantitative estimate of drug-likeness (QED) is 0.142. The Kier molecular flexibility index (Phi) is 8.75. The summed E-state index contributed by atoms with van der Waals surface area (Å²) in [5.74, 6) is -2.74. The molecule has 2 fully saturated rings. The van der Waals surface area contributed by atoms with Crippen molar-refractivity contribution in [3.8, 4) is 0 Å². The van der Waals surface area contributed by atoms with Crippen LogP contribution in [0, 0.1) is 0 Å². The largest absolute Gasteiger partial charge is 1.00 e. The average molecular weight is 505 g/mol. The van der Waals surface area contributed by atoms with Crippen LogP contribution in [-0.4, -0.2) is 72.7 Å². The zero-order valence-corrected chi connectivity index (χ0v) is 21.5. The number of anilines is 1. The zero-order valence-electron chi connectivity index (χ0n) is 17.9. The third-order valence-electron chi connectivity index (χ3n) is 5.43. The molecule has 0 unspecified atom stereocenters. The number of hydrogen-bond donors (Lipinski definition) is 3. The Morgan fingerprint density at radius 2 is 2.06 bits per heavy atom. The number of aliphatic hydroxyl groups excluding tert-OH is 1. The molecular weight excluding hydrogens is 483 g/mol. The van der Waals surface area contributed by atoms with Crippen molar-refractivity contribution in [3.05, 3.63) is 17.1 Å². The fourth-order valence-electron chi connectivity index (χ4n) is 3.82. The van der Waals surface area contributed by atoms with Crippen molar-refractivity contribution in [1.82, 2.24) is 19.6 Å². The molecule has 4 N–H and O–H groups in total. The molecule has 0 aromatic carbocycles. The molecule has 0 radical (unpaired) electrons. The number of carboxylic acid groups (broad SMARTS) is 1. The van der Waals surface area contributed by atoms with E-state index in [9.17, 15) is 24.6 Å². The normalized spacial score (nSPS) is 23.4. The number of hydrogen-bond acceptors (Lipinski definition) is 12. The van der Waals surface area contributed by atoms with Crippen molar-refractivity contribution >= 4 is 51.9 Å². The van der Waals surface area contributed by atoms with Crippen LogP contribution in [0.25, 0.3) is 0 Å². The fraction of sp³-hybridized carbons (Fsp3) is 0.556. The number of β-lactam (4-membered cyclic amide) rings is 1. The van der Waals surface area contributed by atoms with E-state index in [2.05, 4.69) is 19.8 Å². The van der Waals surface area contributed by atoms with Gasteiger partial charge in [-0.05, 0) is 31.3 Å². The molecule has 1 aromatic heterocycles. The van der Waals surface area contributed by atoms with Gasteiger partial charge in [0.15, 0.2) is 5.13 Å². The number of rotatable bonds is 7. The predicted molar refractivity (Wildman–Crippen MR) is 113 cm³/mol. The number of aliphatic carboxylic acids is 1. The average Bonchev–Trinajstić information content (AvgIpc) is 3.22. The fourth-order valence-corrected chi connectivity index (χ4v) is 5.59. The van der Waals surface area contributed by atoms with Crippen LogP contribution in [-0.2, 0) is 19.2 Å². The molecule has 1 saturated carbocycles.